The van der Waals surface area contributed by atoms with E-state index in [9.17, 15) is 13.2 Å². The van der Waals surface area contributed by atoms with Gasteiger partial charge in [-0.25, -0.2) is 13.4 Å². The lowest BCUT2D eigenvalue weighted by atomic mass is 10.2. The number of carbonyl (C=O) groups excluding carboxylic acids is 1. The minimum absolute atomic E-state index is 0.150. The molecule has 0 saturated carbocycles. The zero-order valence-corrected chi connectivity index (χ0v) is 19.5. The van der Waals surface area contributed by atoms with Crippen molar-refractivity contribution in [2.24, 2.45) is 0 Å². The molecule has 0 saturated heterocycles. The van der Waals surface area contributed by atoms with E-state index >= 15 is 0 Å². The second-order valence-corrected chi connectivity index (χ2v) is 9.99. The number of thiazole rings is 1. The van der Waals surface area contributed by atoms with E-state index in [1.807, 2.05) is 46.3 Å². The number of benzene rings is 2. The molecule has 2 aromatic heterocycles. The molecule has 0 bridgehead atoms. The highest BCUT2D eigenvalue weighted by Crippen LogP contribution is 2.24. The van der Waals surface area contributed by atoms with Crippen LogP contribution in [0.4, 0.5) is 5.69 Å². The van der Waals surface area contributed by atoms with Crippen LogP contribution in [0.3, 0.4) is 0 Å². The predicted octanol–water partition coefficient (Wildman–Crippen LogP) is 4.27. The molecule has 0 aliphatic carbocycles. The van der Waals surface area contributed by atoms with Gasteiger partial charge in [-0.15, -0.1) is 11.3 Å². The molecule has 7 nitrogen and oxygen atoms in total. The fraction of sp³-hybridized carbons (Fsp3) is 0.217. The Balaban J connectivity index is 1.51. The second kappa shape index (κ2) is 9.23. The molecule has 0 radical (unpaired) electrons. The van der Waals surface area contributed by atoms with Gasteiger partial charge in [-0.3, -0.25) is 9.20 Å². The van der Waals surface area contributed by atoms with Gasteiger partial charge < -0.3 is 5.32 Å². The summed E-state index contributed by atoms with van der Waals surface area (Å²) < 4.78 is 28.8. The van der Waals surface area contributed by atoms with Gasteiger partial charge in [-0.1, -0.05) is 50.2 Å². The van der Waals surface area contributed by atoms with Gasteiger partial charge >= 0.3 is 0 Å². The van der Waals surface area contributed by atoms with Crippen LogP contribution < -0.4 is 5.32 Å². The van der Waals surface area contributed by atoms with Gasteiger partial charge in [0.15, 0.2) is 4.96 Å². The Labute approximate surface area is 191 Å². The van der Waals surface area contributed by atoms with Crippen molar-refractivity contribution >= 4 is 37.9 Å². The Bertz CT molecular complexity index is 1340. The van der Waals surface area contributed by atoms with Crippen LogP contribution in [0.25, 0.3) is 16.2 Å². The van der Waals surface area contributed by atoms with E-state index in [-0.39, 0.29) is 17.2 Å². The number of amides is 1. The summed E-state index contributed by atoms with van der Waals surface area (Å²) in [4.78, 5) is 18.3. The van der Waals surface area contributed by atoms with Crippen molar-refractivity contribution in [1.82, 2.24) is 13.7 Å². The van der Waals surface area contributed by atoms with Crippen LogP contribution in [0.1, 0.15) is 19.5 Å². The van der Waals surface area contributed by atoms with Crippen LogP contribution in [0, 0.1) is 0 Å². The summed E-state index contributed by atoms with van der Waals surface area (Å²) in [6.07, 6.45) is 2.08. The Morgan fingerprint density at radius 2 is 1.84 bits per heavy atom. The molecule has 166 valence electrons. The Kier molecular flexibility index (Phi) is 6.40. The monoisotopic (exact) mass is 468 g/mol. The number of nitrogens with zero attached hydrogens (tertiary/aromatic N) is 3. The van der Waals surface area contributed by atoms with Crippen molar-refractivity contribution in [3.8, 4) is 11.3 Å². The Hall–Kier alpha value is -3.01. The fourth-order valence-electron chi connectivity index (χ4n) is 3.52. The highest BCUT2D eigenvalue weighted by Gasteiger charge is 2.22. The molecule has 4 aromatic rings. The van der Waals surface area contributed by atoms with Gasteiger partial charge in [0.2, 0.25) is 15.9 Å². The summed E-state index contributed by atoms with van der Waals surface area (Å²) in [7, 11) is -3.59. The maximum atomic E-state index is 12.8. The Morgan fingerprint density at radius 3 is 2.56 bits per heavy atom. The molecule has 0 unspecified atom stereocenters. The number of anilines is 1. The third kappa shape index (κ3) is 4.45. The lowest BCUT2D eigenvalue weighted by molar-refractivity contribution is -0.115. The van der Waals surface area contributed by atoms with E-state index in [1.54, 1.807) is 32.0 Å². The van der Waals surface area contributed by atoms with Gasteiger partial charge in [0.25, 0.3) is 0 Å². The smallest absolute Gasteiger partial charge is 0.243 e. The minimum atomic E-state index is -3.59. The molecule has 0 spiro atoms. The molecule has 2 heterocycles. The third-order valence-corrected chi connectivity index (χ3v) is 8.09. The number of sulfonamides is 1. The maximum Gasteiger partial charge on any atom is 0.243 e. The third-order valence-electron chi connectivity index (χ3n) is 5.16. The number of carbonyl (C=O) groups is 1. The van der Waals surface area contributed by atoms with Crippen LogP contribution in [0.15, 0.2) is 71.1 Å². The van der Waals surface area contributed by atoms with Gasteiger partial charge in [0.1, 0.15) is 0 Å². The topological polar surface area (TPSA) is 83.8 Å². The average molecular weight is 469 g/mol. The highest BCUT2D eigenvalue weighted by atomic mass is 32.2. The van der Waals surface area contributed by atoms with Gasteiger partial charge in [-0.05, 0) is 18.2 Å². The summed E-state index contributed by atoms with van der Waals surface area (Å²) in [5, 5.41) is 4.73. The normalized spacial score (nSPS) is 11.8. The number of imidazole rings is 1. The lowest BCUT2D eigenvalue weighted by Gasteiger charge is -2.18. The molecule has 32 heavy (non-hydrogen) atoms. The average Bonchev–Trinajstić information content (AvgIpc) is 3.37. The molecule has 4 rings (SSSR count). The maximum absolute atomic E-state index is 12.8. The van der Waals surface area contributed by atoms with Crippen molar-refractivity contribution < 1.29 is 13.2 Å². The standard InChI is InChI=1S/C23H24N4O3S2/c1-3-26(4-2)32(29,30)20-12-8-11-18(13-20)24-22(28)14-19-16-31-23-25-21(15-27(19)23)17-9-6-5-7-10-17/h5-13,15-16H,3-4,14H2,1-2H3,(H,24,28). The molecule has 0 fully saturated rings. The van der Waals surface area contributed by atoms with E-state index < -0.39 is 10.0 Å². The fourth-order valence-corrected chi connectivity index (χ4v) is 5.90. The molecule has 0 aliphatic heterocycles. The van der Waals surface area contributed by atoms with Crippen molar-refractivity contribution in [3.63, 3.8) is 0 Å². The molecular weight excluding hydrogens is 444 g/mol. The van der Waals surface area contributed by atoms with Crippen molar-refractivity contribution in [1.29, 1.82) is 0 Å². The molecule has 2 aromatic carbocycles. The first-order valence-electron chi connectivity index (χ1n) is 10.3. The zero-order valence-electron chi connectivity index (χ0n) is 17.9. The summed E-state index contributed by atoms with van der Waals surface area (Å²) in [6, 6.07) is 16.2. The second-order valence-electron chi connectivity index (χ2n) is 7.21. The van der Waals surface area contributed by atoms with Crippen LogP contribution in [0.5, 0.6) is 0 Å². The largest absolute Gasteiger partial charge is 0.326 e. The molecule has 1 N–H and O–H groups in total. The molecule has 0 aliphatic rings. The van der Waals surface area contributed by atoms with Crippen LogP contribution >= 0.6 is 11.3 Å². The van der Waals surface area contributed by atoms with Gasteiger partial charge in [-0.2, -0.15) is 4.31 Å². The SMILES string of the molecule is CCN(CC)S(=O)(=O)c1cccc(NC(=O)Cc2csc3nc(-c4ccccc4)cn23)c1. The summed E-state index contributed by atoms with van der Waals surface area (Å²) in [5.41, 5.74) is 3.15. The van der Waals surface area contributed by atoms with Crippen LogP contribution in [-0.2, 0) is 21.2 Å². The van der Waals surface area contributed by atoms with E-state index in [2.05, 4.69) is 10.3 Å². The number of aromatic nitrogens is 2. The zero-order chi connectivity index (χ0) is 22.7. The summed E-state index contributed by atoms with van der Waals surface area (Å²) >= 11 is 1.48. The van der Waals surface area contributed by atoms with Crippen molar-refractivity contribution in [3.05, 3.63) is 71.9 Å². The van der Waals surface area contributed by atoms with E-state index in [1.165, 1.54) is 21.7 Å². The number of nitrogens with one attached hydrogen (secondary N) is 1. The molecule has 0 atom stereocenters. The van der Waals surface area contributed by atoms with Crippen molar-refractivity contribution in [2.45, 2.75) is 25.2 Å². The summed E-state index contributed by atoms with van der Waals surface area (Å²) in [5.74, 6) is -0.225. The van der Waals surface area contributed by atoms with E-state index in [0.717, 1.165) is 21.9 Å². The predicted molar refractivity (Wildman–Crippen MR) is 127 cm³/mol. The number of hydrogen-bond acceptors (Lipinski definition) is 5. The quantitative estimate of drug-likeness (QED) is 0.418. The van der Waals surface area contributed by atoms with Gasteiger partial charge in [0, 0.05) is 41.6 Å². The minimum Gasteiger partial charge on any atom is -0.326 e. The number of fused-ring (bicyclic) bond motifs is 1. The van der Waals surface area contributed by atoms with E-state index in [4.69, 9.17) is 0 Å². The highest BCUT2D eigenvalue weighted by molar-refractivity contribution is 7.89. The first kappa shape index (κ1) is 22.2. The number of rotatable bonds is 8. The van der Waals surface area contributed by atoms with Crippen molar-refractivity contribution in [2.75, 3.05) is 18.4 Å². The summed E-state index contributed by atoms with van der Waals surface area (Å²) in [6.45, 7) is 4.38. The molecule has 1 amide bonds. The van der Waals surface area contributed by atoms with Gasteiger partial charge in [0.05, 0.1) is 17.0 Å². The number of hydrogen-bond donors (Lipinski definition) is 1. The molecular formula is C23H24N4O3S2. The Morgan fingerprint density at radius 1 is 1.09 bits per heavy atom. The van der Waals surface area contributed by atoms with Crippen LogP contribution in [0.2, 0.25) is 0 Å². The first-order valence-corrected chi connectivity index (χ1v) is 12.6. The van der Waals surface area contributed by atoms with Crippen LogP contribution in [-0.4, -0.2) is 41.1 Å². The lowest BCUT2D eigenvalue weighted by Crippen LogP contribution is -2.30. The molecule has 9 heteroatoms. The van der Waals surface area contributed by atoms with E-state index in [0.29, 0.717) is 18.8 Å². The first-order chi connectivity index (χ1) is 15.4.